The summed E-state index contributed by atoms with van der Waals surface area (Å²) in [5.74, 6) is -0.693. The Labute approximate surface area is 106 Å². The molecule has 0 bridgehead atoms. The van der Waals surface area contributed by atoms with Gasteiger partial charge in [0.25, 0.3) is 0 Å². The molecule has 4 nitrogen and oxygen atoms in total. The minimum absolute atomic E-state index is 0.187. The van der Waals surface area contributed by atoms with Crippen LogP contribution in [-0.2, 0) is 16.1 Å². The largest absolute Gasteiger partial charge is 0.393 e. The summed E-state index contributed by atoms with van der Waals surface area (Å²) in [5.41, 5.74) is 7.07. The molecule has 1 aromatic rings. The second kappa shape index (κ2) is 6.32. The van der Waals surface area contributed by atoms with E-state index in [2.05, 4.69) is 5.32 Å². The van der Waals surface area contributed by atoms with Crippen LogP contribution < -0.4 is 11.1 Å². The number of hydrogen-bond acceptors (Lipinski definition) is 3. The summed E-state index contributed by atoms with van der Waals surface area (Å²) in [6, 6.07) is 7.45. The van der Waals surface area contributed by atoms with E-state index in [0.717, 1.165) is 11.3 Å². The van der Waals surface area contributed by atoms with Gasteiger partial charge in [-0.15, -0.1) is 0 Å². The van der Waals surface area contributed by atoms with Crippen molar-refractivity contribution in [2.24, 2.45) is 11.7 Å². The number of ether oxygens (including phenoxy) is 1. The van der Waals surface area contributed by atoms with Crippen LogP contribution in [0.15, 0.2) is 24.3 Å². The van der Waals surface area contributed by atoms with E-state index in [4.69, 9.17) is 22.7 Å². The summed E-state index contributed by atoms with van der Waals surface area (Å²) >= 11 is 4.79. The molecule has 0 aromatic heterocycles. The Kier molecular flexibility index (Phi) is 5.06. The third-order valence-corrected chi connectivity index (χ3v) is 2.75. The van der Waals surface area contributed by atoms with Gasteiger partial charge in [-0.3, -0.25) is 4.79 Å². The van der Waals surface area contributed by atoms with Crippen LogP contribution in [0.5, 0.6) is 0 Å². The van der Waals surface area contributed by atoms with Crippen LogP contribution in [0.3, 0.4) is 0 Å². The van der Waals surface area contributed by atoms with Crippen molar-refractivity contribution in [1.29, 1.82) is 0 Å². The Morgan fingerprint density at radius 3 is 2.76 bits per heavy atom. The first kappa shape index (κ1) is 13.6. The number of thiocarbonyl (C=S) groups is 1. The number of methoxy groups -OCH3 is 1. The Hall–Kier alpha value is -1.46. The molecule has 1 rings (SSSR count). The molecule has 0 aliphatic rings. The van der Waals surface area contributed by atoms with Crippen molar-refractivity contribution in [3.63, 3.8) is 0 Å². The topological polar surface area (TPSA) is 64.3 Å². The zero-order valence-corrected chi connectivity index (χ0v) is 10.7. The molecule has 0 spiro atoms. The predicted molar refractivity (Wildman–Crippen MR) is 71.7 cm³/mol. The molecule has 1 amide bonds. The number of carbonyl (C=O) groups excluding carboxylic acids is 1. The highest BCUT2D eigenvalue weighted by Gasteiger charge is 2.16. The van der Waals surface area contributed by atoms with E-state index in [0.29, 0.717) is 6.61 Å². The molecule has 0 fully saturated rings. The zero-order valence-electron chi connectivity index (χ0n) is 9.90. The molecule has 92 valence electrons. The molecule has 1 atom stereocenters. The maximum atomic E-state index is 11.8. The fourth-order valence-corrected chi connectivity index (χ4v) is 1.40. The third kappa shape index (κ3) is 3.80. The summed E-state index contributed by atoms with van der Waals surface area (Å²) in [7, 11) is 1.61. The van der Waals surface area contributed by atoms with Crippen LogP contribution in [0.4, 0.5) is 5.69 Å². The van der Waals surface area contributed by atoms with E-state index >= 15 is 0 Å². The van der Waals surface area contributed by atoms with E-state index in [1.54, 1.807) is 14.0 Å². The zero-order chi connectivity index (χ0) is 12.8. The van der Waals surface area contributed by atoms with Crippen molar-refractivity contribution in [2.75, 3.05) is 12.4 Å². The Balaban J connectivity index is 2.80. The maximum Gasteiger partial charge on any atom is 0.234 e. The average molecular weight is 252 g/mol. The van der Waals surface area contributed by atoms with Gasteiger partial charge in [0.2, 0.25) is 5.91 Å². The number of carbonyl (C=O) groups is 1. The predicted octanol–water partition coefficient (Wildman–Crippen LogP) is 1.69. The highest BCUT2D eigenvalue weighted by atomic mass is 32.1. The van der Waals surface area contributed by atoms with Crippen molar-refractivity contribution >= 4 is 28.8 Å². The fraction of sp³-hybridized carbons (Fsp3) is 0.333. The lowest BCUT2D eigenvalue weighted by molar-refractivity contribution is -0.117. The van der Waals surface area contributed by atoms with Gasteiger partial charge in [-0.2, -0.15) is 0 Å². The van der Waals surface area contributed by atoms with Gasteiger partial charge in [-0.25, -0.2) is 0 Å². The van der Waals surface area contributed by atoms with Crippen LogP contribution in [0.1, 0.15) is 12.5 Å². The summed E-state index contributed by atoms with van der Waals surface area (Å²) in [5, 5.41) is 2.79. The lowest BCUT2D eigenvalue weighted by Gasteiger charge is -2.13. The molecule has 1 unspecified atom stereocenters. The van der Waals surface area contributed by atoms with Crippen molar-refractivity contribution in [1.82, 2.24) is 0 Å². The minimum atomic E-state index is -0.486. The van der Waals surface area contributed by atoms with Gasteiger partial charge in [0, 0.05) is 18.4 Å². The van der Waals surface area contributed by atoms with Gasteiger partial charge in [0.05, 0.1) is 17.5 Å². The molecule has 3 N–H and O–H groups in total. The van der Waals surface area contributed by atoms with Crippen molar-refractivity contribution < 1.29 is 9.53 Å². The molecule has 0 aliphatic carbocycles. The quantitative estimate of drug-likeness (QED) is 0.783. The number of benzene rings is 1. The molecule has 0 heterocycles. The van der Waals surface area contributed by atoms with Gasteiger partial charge >= 0.3 is 0 Å². The first-order valence-corrected chi connectivity index (χ1v) is 5.64. The number of amides is 1. The average Bonchev–Trinajstić information content (AvgIpc) is 2.30. The van der Waals surface area contributed by atoms with Crippen LogP contribution in [0.2, 0.25) is 0 Å². The summed E-state index contributed by atoms with van der Waals surface area (Å²) in [6.07, 6.45) is 0. The highest BCUT2D eigenvalue weighted by Crippen LogP contribution is 2.16. The number of nitrogens with two attached hydrogens (primary N) is 1. The van der Waals surface area contributed by atoms with E-state index in [9.17, 15) is 4.79 Å². The van der Waals surface area contributed by atoms with Gasteiger partial charge in [0.15, 0.2) is 0 Å². The van der Waals surface area contributed by atoms with Crippen LogP contribution in [0, 0.1) is 5.92 Å². The number of para-hydroxylation sites is 1. The van der Waals surface area contributed by atoms with E-state index in [1.807, 2.05) is 24.3 Å². The fourth-order valence-electron chi connectivity index (χ4n) is 1.29. The number of hydrogen-bond donors (Lipinski definition) is 2. The number of nitrogens with one attached hydrogen (secondary N) is 1. The van der Waals surface area contributed by atoms with Crippen LogP contribution >= 0.6 is 12.2 Å². The van der Waals surface area contributed by atoms with Crippen molar-refractivity contribution in [2.45, 2.75) is 13.5 Å². The van der Waals surface area contributed by atoms with Crippen LogP contribution in [-0.4, -0.2) is 18.0 Å². The highest BCUT2D eigenvalue weighted by molar-refractivity contribution is 7.80. The SMILES string of the molecule is COCc1ccccc1NC(=O)C(C)C(N)=S. The second-order valence-electron chi connectivity index (χ2n) is 3.70. The van der Waals surface area contributed by atoms with Gasteiger partial charge < -0.3 is 15.8 Å². The lowest BCUT2D eigenvalue weighted by atomic mass is 10.1. The maximum absolute atomic E-state index is 11.8. The molecular weight excluding hydrogens is 236 g/mol. The molecule has 0 radical (unpaired) electrons. The molecule has 5 heteroatoms. The summed E-state index contributed by atoms with van der Waals surface area (Å²) in [6.45, 7) is 2.12. The standard InChI is InChI=1S/C12H16N2O2S/c1-8(11(13)17)12(15)14-10-6-4-3-5-9(10)7-16-2/h3-6,8H,7H2,1-2H3,(H2,13,17)(H,14,15). The van der Waals surface area contributed by atoms with Gasteiger partial charge in [0.1, 0.15) is 0 Å². The summed E-state index contributed by atoms with van der Waals surface area (Å²) < 4.78 is 5.06. The molecule has 0 saturated carbocycles. The smallest absolute Gasteiger partial charge is 0.234 e. The first-order valence-electron chi connectivity index (χ1n) is 5.23. The third-order valence-electron chi connectivity index (χ3n) is 2.40. The minimum Gasteiger partial charge on any atom is -0.393 e. The van der Waals surface area contributed by atoms with E-state index in [1.165, 1.54) is 0 Å². The monoisotopic (exact) mass is 252 g/mol. The number of anilines is 1. The normalized spacial score (nSPS) is 11.9. The molecular formula is C12H16N2O2S. The van der Waals surface area contributed by atoms with Crippen LogP contribution in [0.25, 0.3) is 0 Å². The number of rotatable bonds is 5. The molecule has 0 aliphatic heterocycles. The Morgan fingerprint density at radius 1 is 1.53 bits per heavy atom. The Morgan fingerprint density at radius 2 is 2.18 bits per heavy atom. The molecule has 0 saturated heterocycles. The molecule has 1 aromatic carbocycles. The van der Waals surface area contributed by atoms with Gasteiger partial charge in [-0.1, -0.05) is 30.4 Å². The Bertz CT molecular complexity index is 421. The van der Waals surface area contributed by atoms with E-state index in [-0.39, 0.29) is 10.9 Å². The lowest BCUT2D eigenvalue weighted by Crippen LogP contribution is -2.31. The van der Waals surface area contributed by atoms with Gasteiger partial charge in [-0.05, 0) is 13.0 Å². The van der Waals surface area contributed by atoms with E-state index < -0.39 is 5.92 Å². The van der Waals surface area contributed by atoms with Crippen molar-refractivity contribution in [3.05, 3.63) is 29.8 Å². The molecule has 17 heavy (non-hydrogen) atoms. The summed E-state index contributed by atoms with van der Waals surface area (Å²) in [4.78, 5) is 12.0. The first-order chi connectivity index (χ1) is 8.06. The second-order valence-corrected chi connectivity index (χ2v) is 4.17. The van der Waals surface area contributed by atoms with Crippen molar-refractivity contribution in [3.8, 4) is 0 Å².